The van der Waals surface area contributed by atoms with Gasteiger partial charge in [0.15, 0.2) is 0 Å². The Balaban J connectivity index is 1.87. The number of H-pyrrole nitrogens is 1. The van der Waals surface area contributed by atoms with Gasteiger partial charge in [-0.05, 0) is 18.2 Å². The molecule has 0 unspecified atom stereocenters. The molecule has 4 rings (SSSR count). The lowest BCUT2D eigenvalue weighted by Crippen LogP contribution is -2.03. The van der Waals surface area contributed by atoms with Crippen molar-refractivity contribution in [2.24, 2.45) is 0 Å². The van der Waals surface area contributed by atoms with Gasteiger partial charge in [-0.25, -0.2) is 9.78 Å². The topological polar surface area (TPSA) is 112 Å². The molecule has 4 aromatic rings. The van der Waals surface area contributed by atoms with Crippen LogP contribution in [0, 0.1) is 0 Å². The van der Waals surface area contributed by atoms with Gasteiger partial charge >= 0.3 is 5.97 Å². The smallest absolute Gasteiger partial charge is 0.340 e. The van der Waals surface area contributed by atoms with Gasteiger partial charge in [-0.1, -0.05) is 12.1 Å². The van der Waals surface area contributed by atoms with Gasteiger partial charge in [0, 0.05) is 28.5 Å². The summed E-state index contributed by atoms with van der Waals surface area (Å²) in [6.45, 7) is 0. The Labute approximate surface area is 142 Å². The number of hydrogen-bond acceptors (Lipinski definition) is 6. The number of nitrogens with zero attached hydrogens (tertiary/aromatic N) is 4. The third-order valence-corrected chi connectivity index (χ3v) is 3.98. The fraction of sp³-hybridized carbons (Fsp3) is 0.0588. The first-order valence-corrected chi connectivity index (χ1v) is 7.48. The largest absolute Gasteiger partial charge is 0.465 e. The van der Waals surface area contributed by atoms with E-state index in [9.17, 15) is 4.79 Å². The van der Waals surface area contributed by atoms with E-state index < -0.39 is 5.97 Å². The summed E-state index contributed by atoms with van der Waals surface area (Å²) in [5.74, 6) is -0.134. The fourth-order valence-corrected chi connectivity index (χ4v) is 2.73. The number of rotatable bonds is 3. The zero-order valence-electron chi connectivity index (χ0n) is 13.3. The van der Waals surface area contributed by atoms with Crippen molar-refractivity contribution in [1.29, 1.82) is 0 Å². The van der Waals surface area contributed by atoms with E-state index in [1.165, 1.54) is 13.3 Å². The van der Waals surface area contributed by atoms with Crippen molar-refractivity contribution in [3.63, 3.8) is 0 Å². The van der Waals surface area contributed by atoms with E-state index in [1.54, 1.807) is 12.7 Å². The Morgan fingerprint density at radius 2 is 2.04 bits per heavy atom. The van der Waals surface area contributed by atoms with Crippen LogP contribution in [0.5, 0.6) is 0 Å². The van der Waals surface area contributed by atoms with Crippen LogP contribution >= 0.6 is 0 Å². The van der Waals surface area contributed by atoms with Crippen molar-refractivity contribution in [3.8, 4) is 16.9 Å². The highest BCUT2D eigenvalue weighted by molar-refractivity contribution is 6.07. The molecule has 0 atom stereocenters. The number of hydrogen-bond donors (Lipinski definition) is 2. The summed E-state index contributed by atoms with van der Waals surface area (Å²) >= 11 is 0. The molecule has 0 bridgehead atoms. The Kier molecular flexibility index (Phi) is 3.42. The molecule has 1 aromatic carbocycles. The maximum absolute atomic E-state index is 12.0. The number of nitrogen functional groups attached to an aromatic ring is 1. The molecule has 3 aromatic heterocycles. The van der Waals surface area contributed by atoms with Gasteiger partial charge in [-0.15, -0.1) is 10.2 Å². The van der Waals surface area contributed by atoms with Crippen molar-refractivity contribution in [3.05, 3.63) is 54.7 Å². The van der Waals surface area contributed by atoms with E-state index in [-0.39, 0.29) is 0 Å². The van der Waals surface area contributed by atoms with Gasteiger partial charge < -0.3 is 15.5 Å². The number of carbonyl (C=O) groups is 1. The number of pyridine rings is 1. The summed E-state index contributed by atoms with van der Waals surface area (Å²) in [6.07, 6.45) is 4.68. The maximum Gasteiger partial charge on any atom is 0.340 e. The SMILES string of the molecule is COC(=O)c1cnc(N)c2[nH]c(-c3cccc(-n4cnnc4)c3)cc12. The van der Waals surface area contributed by atoms with Crippen molar-refractivity contribution < 1.29 is 9.53 Å². The highest BCUT2D eigenvalue weighted by Crippen LogP contribution is 2.30. The quantitative estimate of drug-likeness (QED) is 0.555. The van der Waals surface area contributed by atoms with Crippen LogP contribution in [-0.4, -0.2) is 37.8 Å². The summed E-state index contributed by atoms with van der Waals surface area (Å²) in [6, 6.07) is 9.69. The first-order valence-electron chi connectivity index (χ1n) is 7.48. The number of fused-ring (bicyclic) bond motifs is 1. The van der Waals surface area contributed by atoms with Crippen LogP contribution < -0.4 is 5.73 Å². The van der Waals surface area contributed by atoms with Crippen molar-refractivity contribution in [1.82, 2.24) is 24.7 Å². The number of aromatic amines is 1. The van der Waals surface area contributed by atoms with E-state index in [4.69, 9.17) is 10.5 Å². The van der Waals surface area contributed by atoms with E-state index in [0.29, 0.717) is 22.3 Å². The molecule has 8 heteroatoms. The van der Waals surface area contributed by atoms with E-state index in [0.717, 1.165) is 16.9 Å². The molecule has 0 radical (unpaired) electrons. The normalized spacial score (nSPS) is 10.9. The van der Waals surface area contributed by atoms with Crippen LogP contribution in [0.25, 0.3) is 27.8 Å². The summed E-state index contributed by atoms with van der Waals surface area (Å²) in [4.78, 5) is 19.3. The number of nitrogens with two attached hydrogens (primary N) is 1. The van der Waals surface area contributed by atoms with Crippen molar-refractivity contribution in [2.45, 2.75) is 0 Å². The third kappa shape index (κ3) is 2.49. The van der Waals surface area contributed by atoms with Crippen LogP contribution in [0.15, 0.2) is 49.2 Å². The molecule has 8 nitrogen and oxygen atoms in total. The lowest BCUT2D eigenvalue weighted by atomic mass is 10.1. The molecule has 0 spiro atoms. The molecule has 3 N–H and O–H groups in total. The maximum atomic E-state index is 12.0. The highest BCUT2D eigenvalue weighted by Gasteiger charge is 2.16. The van der Waals surface area contributed by atoms with Crippen molar-refractivity contribution >= 4 is 22.7 Å². The Bertz CT molecular complexity index is 1070. The molecular formula is C17H14N6O2. The molecule has 0 saturated heterocycles. The standard InChI is InChI=1S/C17H14N6O2/c1-25-17(24)13-7-19-16(18)15-12(13)6-14(22-15)10-3-2-4-11(5-10)23-8-20-21-9-23/h2-9,22H,1H3,(H2,18,19). The fourth-order valence-electron chi connectivity index (χ4n) is 2.73. The van der Waals surface area contributed by atoms with Gasteiger partial charge in [0.05, 0.1) is 18.2 Å². The molecule has 0 aliphatic rings. The number of nitrogens with one attached hydrogen (secondary N) is 1. The Morgan fingerprint density at radius 1 is 1.24 bits per heavy atom. The van der Waals surface area contributed by atoms with Crippen LogP contribution in [0.1, 0.15) is 10.4 Å². The molecule has 0 saturated carbocycles. The number of aromatic nitrogens is 5. The molecule has 25 heavy (non-hydrogen) atoms. The second-order valence-electron chi connectivity index (χ2n) is 5.44. The first-order chi connectivity index (χ1) is 12.2. The second kappa shape index (κ2) is 5.75. The lowest BCUT2D eigenvalue weighted by molar-refractivity contribution is 0.0602. The number of carbonyl (C=O) groups excluding carboxylic acids is 1. The van der Waals surface area contributed by atoms with Gasteiger partial charge in [0.2, 0.25) is 0 Å². The minimum Gasteiger partial charge on any atom is -0.465 e. The highest BCUT2D eigenvalue weighted by atomic mass is 16.5. The summed E-state index contributed by atoms with van der Waals surface area (Å²) in [7, 11) is 1.33. The average molecular weight is 334 g/mol. The first kappa shape index (κ1) is 14.9. The van der Waals surface area contributed by atoms with Gasteiger partial charge in [0.1, 0.15) is 18.5 Å². The summed E-state index contributed by atoms with van der Waals surface area (Å²) < 4.78 is 6.62. The minimum absolute atomic E-state index is 0.323. The number of methoxy groups -OCH3 is 1. The third-order valence-electron chi connectivity index (χ3n) is 3.98. The summed E-state index contributed by atoms with van der Waals surface area (Å²) in [5.41, 5.74) is 9.58. The second-order valence-corrected chi connectivity index (χ2v) is 5.44. The number of benzene rings is 1. The van der Waals surface area contributed by atoms with Gasteiger partial charge in [-0.2, -0.15) is 0 Å². The molecule has 3 heterocycles. The number of ether oxygens (including phenoxy) is 1. The molecule has 0 amide bonds. The zero-order chi connectivity index (χ0) is 17.4. The van der Waals surface area contributed by atoms with Crippen LogP contribution in [0.2, 0.25) is 0 Å². The molecule has 124 valence electrons. The van der Waals surface area contributed by atoms with Gasteiger partial charge in [0.25, 0.3) is 0 Å². The van der Waals surface area contributed by atoms with Crippen LogP contribution in [0.4, 0.5) is 5.82 Å². The van der Waals surface area contributed by atoms with E-state index >= 15 is 0 Å². The predicted octanol–water partition coefficient (Wildman–Crippen LogP) is 2.18. The van der Waals surface area contributed by atoms with Gasteiger partial charge in [-0.3, -0.25) is 4.57 Å². The monoisotopic (exact) mass is 334 g/mol. The average Bonchev–Trinajstić information content (AvgIpc) is 3.32. The molecule has 0 fully saturated rings. The Morgan fingerprint density at radius 3 is 2.80 bits per heavy atom. The Hall–Kier alpha value is -3.68. The zero-order valence-corrected chi connectivity index (χ0v) is 13.3. The summed E-state index contributed by atoms with van der Waals surface area (Å²) in [5, 5.41) is 8.30. The van der Waals surface area contributed by atoms with Crippen molar-refractivity contribution in [2.75, 3.05) is 12.8 Å². The number of esters is 1. The van der Waals surface area contributed by atoms with Crippen LogP contribution in [-0.2, 0) is 4.74 Å². The van der Waals surface area contributed by atoms with E-state index in [2.05, 4.69) is 20.2 Å². The molecule has 0 aliphatic heterocycles. The molecular weight excluding hydrogens is 320 g/mol. The minimum atomic E-state index is -0.457. The number of anilines is 1. The predicted molar refractivity (Wildman–Crippen MR) is 92.2 cm³/mol. The molecule has 0 aliphatic carbocycles. The lowest BCUT2D eigenvalue weighted by Gasteiger charge is -2.03. The van der Waals surface area contributed by atoms with E-state index in [1.807, 2.05) is 34.9 Å². The van der Waals surface area contributed by atoms with Crippen LogP contribution in [0.3, 0.4) is 0 Å².